The molecule has 3 rings (SSSR count). The number of nitrogens with one attached hydrogen (secondary N) is 2. The van der Waals surface area contributed by atoms with Crippen LogP contribution in [-0.4, -0.2) is 20.4 Å². The van der Waals surface area contributed by atoms with Crippen LogP contribution < -0.4 is 10.0 Å². The highest BCUT2D eigenvalue weighted by Crippen LogP contribution is 2.32. The molecule has 6 heteroatoms. The first-order valence-electron chi connectivity index (χ1n) is 7.94. The minimum atomic E-state index is -3.66. The lowest BCUT2D eigenvalue weighted by molar-refractivity contribution is 0.0935. The van der Waals surface area contributed by atoms with Crippen molar-refractivity contribution < 1.29 is 13.2 Å². The van der Waals surface area contributed by atoms with Crippen molar-refractivity contribution >= 4 is 21.6 Å². The van der Waals surface area contributed by atoms with Crippen LogP contribution in [0.15, 0.2) is 59.5 Å². The van der Waals surface area contributed by atoms with Crippen LogP contribution in [0, 0.1) is 5.92 Å². The summed E-state index contributed by atoms with van der Waals surface area (Å²) in [4.78, 5) is 12.3. The van der Waals surface area contributed by atoms with E-state index >= 15 is 0 Å². The second-order valence-corrected chi connectivity index (χ2v) is 7.78. The van der Waals surface area contributed by atoms with Crippen molar-refractivity contribution in [1.82, 2.24) is 5.32 Å². The van der Waals surface area contributed by atoms with E-state index in [2.05, 4.69) is 10.0 Å². The molecule has 2 aromatic rings. The Balaban J connectivity index is 1.70. The van der Waals surface area contributed by atoms with Crippen LogP contribution in [0.2, 0.25) is 0 Å². The zero-order valence-corrected chi connectivity index (χ0v) is 14.2. The fourth-order valence-corrected chi connectivity index (χ4v) is 3.57. The molecule has 126 valence electrons. The highest BCUT2D eigenvalue weighted by molar-refractivity contribution is 7.92. The quantitative estimate of drug-likeness (QED) is 0.846. The Bertz CT molecular complexity index is 813. The zero-order chi connectivity index (χ0) is 17.2. The molecule has 0 aliphatic heterocycles. The summed E-state index contributed by atoms with van der Waals surface area (Å²) in [6.45, 7) is 2.00. The maximum Gasteiger partial charge on any atom is 0.261 e. The standard InChI is InChI=1S/C18H20N2O3S/c1-13(14-7-8-14)19-18(21)15-9-11-17(12-10-15)24(22,23)20-16-5-3-2-4-6-16/h2-6,9-14,20H,7-8H2,1H3,(H,19,21)/t13-/m0/s1. The molecular formula is C18H20N2O3S. The van der Waals surface area contributed by atoms with E-state index in [0.29, 0.717) is 17.2 Å². The molecule has 1 atom stereocenters. The summed E-state index contributed by atoms with van der Waals surface area (Å²) in [5, 5.41) is 2.95. The third kappa shape index (κ3) is 3.94. The third-order valence-electron chi connectivity index (χ3n) is 4.14. The molecule has 2 aromatic carbocycles. The first kappa shape index (κ1) is 16.5. The van der Waals surface area contributed by atoms with E-state index in [0.717, 1.165) is 12.8 Å². The van der Waals surface area contributed by atoms with Crippen LogP contribution in [-0.2, 0) is 10.0 Å². The van der Waals surface area contributed by atoms with Crippen LogP contribution in [0.1, 0.15) is 30.1 Å². The Kier molecular flexibility index (Phi) is 4.57. The monoisotopic (exact) mass is 344 g/mol. The van der Waals surface area contributed by atoms with Gasteiger partial charge in [-0.2, -0.15) is 0 Å². The molecule has 0 radical (unpaired) electrons. The average molecular weight is 344 g/mol. The Morgan fingerprint density at radius 2 is 1.67 bits per heavy atom. The van der Waals surface area contributed by atoms with Gasteiger partial charge < -0.3 is 5.32 Å². The van der Waals surface area contributed by atoms with Crippen LogP contribution in [0.5, 0.6) is 0 Å². The van der Waals surface area contributed by atoms with Gasteiger partial charge in [0, 0.05) is 17.3 Å². The number of para-hydroxylation sites is 1. The van der Waals surface area contributed by atoms with Gasteiger partial charge >= 0.3 is 0 Å². The van der Waals surface area contributed by atoms with Crippen molar-refractivity contribution in [1.29, 1.82) is 0 Å². The molecule has 1 aliphatic rings. The fourth-order valence-electron chi connectivity index (χ4n) is 2.51. The number of sulfonamides is 1. The summed E-state index contributed by atoms with van der Waals surface area (Å²) < 4.78 is 27.2. The Morgan fingerprint density at radius 3 is 2.25 bits per heavy atom. The molecule has 24 heavy (non-hydrogen) atoms. The molecule has 0 bridgehead atoms. The normalized spacial score (nSPS) is 15.5. The average Bonchev–Trinajstić information content (AvgIpc) is 3.40. The maximum atomic E-state index is 12.3. The van der Waals surface area contributed by atoms with Crippen LogP contribution >= 0.6 is 0 Å². The number of rotatable bonds is 6. The summed E-state index contributed by atoms with van der Waals surface area (Å²) >= 11 is 0. The van der Waals surface area contributed by atoms with Gasteiger partial charge in [0.1, 0.15) is 0 Å². The lowest BCUT2D eigenvalue weighted by Crippen LogP contribution is -2.33. The van der Waals surface area contributed by atoms with E-state index in [1.54, 1.807) is 24.3 Å². The second kappa shape index (κ2) is 6.65. The van der Waals surface area contributed by atoms with E-state index in [-0.39, 0.29) is 16.8 Å². The van der Waals surface area contributed by atoms with Gasteiger partial charge in [-0.1, -0.05) is 18.2 Å². The lowest BCUT2D eigenvalue weighted by Gasteiger charge is -2.13. The fraction of sp³-hybridized carbons (Fsp3) is 0.278. The molecule has 0 spiro atoms. The van der Waals surface area contributed by atoms with Crippen molar-refractivity contribution in [2.75, 3.05) is 4.72 Å². The number of benzene rings is 2. The van der Waals surface area contributed by atoms with Crippen LogP contribution in [0.25, 0.3) is 0 Å². The Hall–Kier alpha value is -2.34. The zero-order valence-electron chi connectivity index (χ0n) is 13.4. The van der Waals surface area contributed by atoms with Gasteiger partial charge in [-0.15, -0.1) is 0 Å². The van der Waals surface area contributed by atoms with Gasteiger partial charge in [-0.25, -0.2) is 8.42 Å². The summed E-state index contributed by atoms with van der Waals surface area (Å²) in [5.74, 6) is 0.401. The summed E-state index contributed by atoms with van der Waals surface area (Å²) in [6, 6.07) is 14.8. The van der Waals surface area contributed by atoms with E-state index in [1.165, 1.54) is 24.3 Å². The van der Waals surface area contributed by atoms with Crippen LogP contribution in [0.4, 0.5) is 5.69 Å². The van der Waals surface area contributed by atoms with Gasteiger partial charge in [0.2, 0.25) is 0 Å². The van der Waals surface area contributed by atoms with Crippen molar-refractivity contribution in [3.63, 3.8) is 0 Å². The summed E-state index contributed by atoms with van der Waals surface area (Å²) in [5.41, 5.74) is 0.957. The SMILES string of the molecule is C[C@H](NC(=O)c1ccc(S(=O)(=O)Nc2ccccc2)cc1)C1CC1. The predicted molar refractivity (Wildman–Crippen MR) is 93.3 cm³/mol. The van der Waals surface area contributed by atoms with E-state index < -0.39 is 10.0 Å². The maximum absolute atomic E-state index is 12.3. The van der Waals surface area contributed by atoms with Gasteiger partial charge in [0.05, 0.1) is 4.90 Å². The number of carbonyl (C=O) groups excluding carboxylic acids is 1. The molecule has 0 saturated heterocycles. The number of anilines is 1. The molecule has 2 N–H and O–H groups in total. The number of carbonyl (C=O) groups is 1. The number of amides is 1. The highest BCUT2D eigenvalue weighted by atomic mass is 32.2. The Labute approximate surface area is 142 Å². The second-order valence-electron chi connectivity index (χ2n) is 6.10. The van der Waals surface area contributed by atoms with Gasteiger partial charge in [0.25, 0.3) is 15.9 Å². The molecule has 1 aliphatic carbocycles. The molecule has 1 amide bonds. The van der Waals surface area contributed by atoms with E-state index in [1.807, 2.05) is 13.0 Å². The number of hydrogen-bond donors (Lipinski definition) is 2. The molecule has 5 nitrogen and oxygen atoms in total. The highest BCUT2D eigenvalue weighted by Gasteiger charge is 2.29. The summed E-state index contributed by atoms with van der Waals surface area (Å²) in [7, 11) is -3.66. The first-order chi connectivity index (χ1) is 11.5. The predicted octanol–water partition coefficient (Wildman–Crippen LogP) is 3.02. The molecular weight excluding hydrogens is 324 g/mol. The van der Waals surface area contributed by atoms with Crippen molar-refractivity contribution in [2.24, 2.45) is 5.92 Å². The first-order valence-corrected chi connectivity index (χ1v) is 9.43. The smallest absolute Gasteiger partial charge is 0.261 e. The van der Waals surface area contributed by atoms with Crippen molar-refractivity contribution in [2.45, 2.75) is 30.7 Å². The molecule has 0 unspecified atom stereocenters. The molecule has 0 aromatic heterocycles. The van der Waals surface area contributed by atoms with E-state index in [4.69, 9.17) is 0 Å². The van der Waals surface area contributed by atoms with Crippen LogP contribution in [0.3, 0.4) is 0 Å². The largest absolute Gasteiger partial charge is 0.349 e. The topological polar surface area (TPSA) is 75.3 Å². The Morgan fingerprint density at radius 1 is 1.04 bits per heavy atom. The summed E-state index contributed by atoms with van der Waals surface area (Å²) in [6.07, 6.45) is 2.31. The molecule has 1 saturated carbocycles. The minimum absolute atomic E-state index is 0.123. The van der Waals surface area contributed by atoms with Gasteiger partial charge in [0.15, 0.2) is 0 Å². The van der Waals surface area contributed by atoms with Crippen molar-refractivity contribution in [3.05, 3.63) is 60.2 Å². The van der Waals surface area contributed by atoms with E-state index in [9.17, 15) is 13.2 Å². The van der Waals surface area contributed by atoms with Gasteiger partial charge in [-0.05, 0) is 62.1 Å². The lowest BCUT2D eigenvalue weighted by atomic mass is 10.1. The van der Waals surface area contributed by atoms with Gasteiger partial charge in [-0.3, -0.25) is 9.52 Å². The van der Waals surface area contributed by atoms with Crippen molar-refractivity contribution in [3.8, 4) is 0 Å². The number of hydrogen-bond acceptors (Lipinski definition) is 3. The third-order valence-corrected chi connectivity index (χ3v) is 5.54. The minimum Gasteiger partial charge on any atom is -0.349 e. The molecule has 1 fully saturated rings. The molecule has 0 heterocycles.